The third kappa shape index (κ3) is 8.46. The van der Waals surface area contributed by atoms with Crippen molar-refractivity contribution in [2.75, 3.05) is 19.7 Å². The maximum atomic E-state index is 11.6. The molecule has 1 fully saturated rings. The number of carboxylic acid groups (broad SMARTS) is 2. The molecule has 0 saturated carbocycles. The molecule has 0 aliphatic carbocycles. The van der Waals surface area contributed by atoms with Gasteiger partial charge in [-0.05, 0) is 70.0 Å². The number of aliphatic carboxylic acids is 2. The number of likely N-dealkylation sites (tertiary alicyclic amines) is 1. The van der Waals surface area contributed by atoms with Crippen LogP contribution in [0.4, 0.5) is 0 Å². The van der Waals surface area contributed by atoms with Crippen LogP contribution in [-0.2, 0) is 16.1 Å². The number of aliphatic hydroxyl groups excluding tert-OH is 2. The molecule has 11 nitrogen and oxygen atoms in total. The zero-order chi connectivity index (χ0) is 26.0. The Morgan fingerprint density at radius 2 is 1.71 bits per heavy atom. The van der Waals surface area contributed by atoms with Gasteiger partial charge in [0, 0.05) is 30.8 Å². The molecule has 3 rings (SSSR count). The Kier molecular flexibility index (Phi) is 10.8. The topological polar surface area (TPSA) is 162 Å². The summed E-state index contributed by atoms with van der Waals surface area (Å²) in [4.78, 5) is 33.7. The van der Waals surface area contributed by atoms with E-state index < -0.39 is 24.1 Å². The van der Waals surface area contributed by atoms with Gasteiger partial charge in [-0.1, -0.05) is 0 Å². The predicted octanol–water partition coefficient (Wildman–Crippen LogP) is 1.06. The van der Waals surface area contributed by atoms with Gasteiger partial charge in [-0.15, -0.1) is 0 Å². The number of aryl methyl sites for hydroxylation is 1. The molecule has 1 aliphatic heterocycles. The smallest absolute Gasteiger partial charge is 0.335 e. The monoisotopic (exact) mass is 491 g/mol. The Morgan fingerprint density at radius 3 is 2.23 bits per heavy atom. The van der Waals surface area contributed by atoms with Crippen molar-refractivity contribution in [1.82, 2.24) is 14.7 Å². The van der Waals surface area contributed by atoms with Crippen LogP contribution in [0.2, 0.25) is 0 Å². The van der Waals surface area contributed by atoms with Gasteiger partial charge in [0.25, 0.3) is 5.56 Å². The number of carbonyl (C=O) groups is 2. The van der Waals surface area contributed by atoms with Crippen LogP contribution in [0.1, 0.15) is 33.1 Å². The summed E-state index contributed by atoms with van der Waals surface area (Å²) < 4.78 is 7.32. The maximum Gasteiger partial charge on any atom is 0.335 e. The molecule has 1 aromatic carbocycles. The van der Waals surface area contributed by atoms with Gasteiger partial charge in [-0.3, -0.25) is 4.79 Å². The fourth-order valence-corrected chi connectivity index (χ4v) is 3.60. The number of carboxylic acids is 2. The van der Waals surface area contributed by atoms with Gasteiger partial charge >= 0.3 is 11.9 Å². The molecule has 0 radical (unpaired) electrons. The summed E-state index contributed by atoms with van der Waals surface area (Å²) in [7, 11) is 0. The molecule has 0 unspecified atom stereocenters. The molecule has 1 saturated heterocycles. The van der Waals surface area contributed by atoms with Crippen molar-refractivity contribution >= 4 is 11.9 Å². The van der Waals surface area contributed by atoms with Crippen molar-refractivity contribution in [1.29, 1.82) is 0 Å². The Hall–Kier alpha value is -3.28. The van der Waals surface area contributed by atoms with Crippen LogP contribution in [0.15, 0.2) is 41.2 Å². The predicted molar refractivity (Wildman–Crippen MR) is 127 cm³/mol. The SMILES string of the molecule is CCn1nc(-c2ccc(OCCCN3CCC[C@H]3C)cc2)ccc1=O.O=C(O)[C@H](O)[C@@H](O)C(=O)O. The largest absolute Gasteiger partial charge is 0.494 e. The number of hydrogen-bond donors (Lipinski definition) is 4. The summed E-state index contributed by atoms with van der Waals surface area (Å²) in [5.41, 5.74) is 1.72. The number of aromatic nitrogens is 2. The summed E-state index contributed by atoms with van der Waals surface area (Å²) in [6, 6.07) is 12.0. The van der Waals surface area contributed by atoms with Crippen molar-refractivity contribution in [3.8, 4) is 17.0 Å². The summed E-state index contributed by atoms with van der Waals surface area (Å²) in [6.07, 6.45) is -0.838. The van der Waals surface area contributed by atoms with Crippen LogP contribution >= 0.6 is 0 Å². The summed E-state index contributed by atoms with van der Waals surface area (Å²) >= 11 is 0. The molecular formula is C24H33N3O8. The number of aliphatic hydroxyl groups is 2. The quantitative estimate of drug-likeness (QED) is 0.354. The van der Waals surface area contributed by atoms with Crippen LogP contribution in [0.25, 0.3) is 11.3 Å². The lowest BCUT2D eigenvalue weighted by atomic mass is 10.1. The van der Waals surface area contributed by atoms with Gasteiger partial charge in [-0.25, -0.2) is 14.3 Å². The third-order valence-corrected chi connectivity index (χ3v) is 5.67. The number of rotatable bonds is 10. The van der Waals surface area contributed by atoms with Gasteiger partial charge in [0.05, 0.1) is 12.3 Å². The number of nitrogens with zero attached hydrogens (tertiary/aromatic N) is 3. The lowest BCUT2D eigenvalue weighted by molar-refractivity contribution is -0.165. The van der Waals surface area contributed by atoms with Crippen molar-refractivity contribution < 1.29 is 34.8 Å². The Morgan fingerprint density at radius 1 is 1.09 bits per heavy atom. The van der Waals surface area contributed by atoms with Crippen LogP contribution < -0.4 is 10.3 Å². The first kappa shape index (κ1) is 28.0. The molecule has 1 aromatic heterocycles. The molecule has 1 aliphatic rings. The van der Waals surface area contributed by atoms with E-state index in [1.54, 1.807) is 12.1 Å². The van der Waals surface area contributed by atoms with Gasteiger partial charge in [0.2, 0.25) is 0 Å². The molecule has 4 N–H and O–H groups in total. The van der Waals surface area contributed by atoms with Crippen LogP contribution in [0.3, 0.4) is 0 Å². The molecule has 2 aromatic rings. The first-order valence-electron chi connectivity index (χ1n) is 11.5. The molecule has 0 amide bonds. The van der Waals surface area contributed by atoms with E-state index in [4.69, 9.17) is 25.2 Å². The molecular weight excluding hydrogens is 458 g/mol. The molecule has 0 spiro atoms. The Labute approximate surface area is 203 Å². The minimum Gasteiger partial charge on any atom is -0.494 e. The minimum absolute atomic E-state index is 0.0708. The van der Waals surface area contributed by atoms with Gasteiger partial charge in [0.1, 0.15) is 5.75 Å². The molecule has 11 heteroatoms. The van der Waals surface area contributed by atoms with E-state index in [1.807, 2.05) is 31.2 Å². The second kappa shape index (κ2) is 13.6. The fraction of sp³-hybridized carbons (Fsp3) is 0.500. The summed E-state index contributed by atoms with van der Waals surface area (Å²) in [5, 5.41) is 36.9. The second-order valence-corrected chi connectivity index (χ2v) is 8.19. The first-order valence-corrected chi connectivity index (χ1v) is 11.5. The van der Waals surface area contributed by atoms with Crippen LogP contribution in [0.5, 0.6) is 5.75 Å². The van der Waals surface area contributed by atoms with E-state index in [2.05, 4.69) is 16.9 Å². The lowest BCUT2D eigenvalue weighted by Crippen LogP contribution is -2.39. The van der Waals surface area contributed by atoms with Crippen molar-refractivity contribution in [3.05, 3.63) is 46.8 Å². The van der Waals surface area contributed by atoms with Gasteiger partial charge in [-0.2, -0.15) is 5.10 Å². The van der Waals surface area contributed by atoms with E-state index in [1.165, 1.54) is 24.1 Å². The van der Waals surface area contributed by atoms with E-state index in [0.29, 0.717) is 6.54 Å². The van der Waals surface area contributed by atoms with E-state index >= 15 is 0 Å². The average molecular weight is 492 g/mol. The molecule has 192 valence electrons. The Balaban J connectivity index is 0.000000367. The first-order chi connectivity index (χ1) is 16.6. The van der Waals surface area contributed by atoms with E-state index in [0.717, 1.165) is 42.6 Å². The third-order valence-electron chi connectivity index (χ3n) is 5.67. The highest BCUT2D eigenvalue weighted by atomic mass is 16.5. The average Bonchev–Trinajstić information content (AvgIpc) is 3.26. The Bertz CT molecular complexity index is 1010. The van der Waals surface area contributed by atoms with Crippen molar-refractivity contribution in [3.63, 3.8) is 0 Å². The van der Waals surface area contributed by atoms with Crippen molar-refractivity contribution in [2.24, 2.45) is 0 Å². The highest BCUT2D eigenvalue weighted by Crippen LogP contribution is 2.20. The van der Waals surface area contributed by atoms with Crippen LogP contribution in [-0.4, -0.2) is 85.0 Å². The lowest BCUT2D eigenvalue weighted by Gasteiger charge is -2.20. The fourth-order valence-electron chi connectivity index (χ4n) is 3.60. The summed E-state index contributed by atoms with van der Waals surface area (Å²) in [5.74, 6) is -2.66. The molecule has 0 bridgehead atoms. The highest BCUT2D eigenvalue weighted by molar-refractivity contribution is 5.83. The standard InChI is InChI=1S/C20H27N3O2.C4H6O6/c1-3-23-20(24)12-11-19(21-23)17-7-9-18(10-8-17)25-15-5-14-22-13-4-6-16(22)2;5-1(3(7)8)2(6)4(9)10/h7-12,16H,3-6,13-15H2,1-2H3;1-2,5-6H,(H,7,8)(H,9,10)/t16-;1-,2-/m11/s1. The zero-order valence-corrected chi connectivity index (χ0v) is 19.9. The molecule has 2 heterocycles. The number of benzene rings is 1. The van der Waals surface area contributed by atoms with E-state index in [9.17, 15) is 14.4 Å². The minimum atomic E-state index is -2.27. The van der Waals surface area contributed by atoms with Crippen molar-refractivity contribution in [2.45, 2.75) is 57.9 Å². The second-order valence-electron chi connectivity index (χ2n) is 8.19. The molecule has 35 heavy (non-hydrogen) atoms. The number of ether oxygens (including phenoxy) is 1. The van der Waals surface area contributed by atoms with Gasteiger partial charge < -0.3 is 30.1 Å². The van der Waals surface area contributed by atoms with E-state index in [-0.39, 0.29) is 5.56 Å². The normalized spacial score (nSPS) is 17.2. The number of hydrogen-bond acceptors (Lipinski definition) is 8. The van der Waals surface area contributed by atoms with Crippen LogP contribution in [0, 0.1) is 0 Å². The highest BCUT2D eigenvalue weighted by Gasteiger charge is 2.29. The van der Waals surface area contributed by atoms with Gasteiger partial charge in [0.15, 0.2) is 12.2 Å². The zero-order valence-electron chi connectivity index (χ0n) is 19.9. The molecule has 3 atom stereocenters. The maximum absolute atomic E-state index is 11.6. The summed E-state index contributed by atoms with van der Waals surface area (Å²) in [6.45, 7) is 7.87.